The summed E-state index contributed by atoms with van der Waals surface area (Å²) in [6.45, 7) is 4.41. The first-order valence-corrected chi connectivity index (χ1v) is 5.53. The lowest BCUT2D eigenvalue weighted by atomic mass is 9.98. The minimum Gasteiger partial charge on any atom is -0.241 e. The van der Waals surface area contributed by atoms with Crippen LogP contribution >= 0.6 is 15.9 Å². The second kappa shape index (κ2) is 3.70. The average Bonchev–Trinajstić information content (AvgIpc) is 2.16. The number of pyridine rings is 1. The lowest BCUT2D eigenvalue weighted by Gasteiger charge is -2.08. The van der Waals surface area contributed by atoms with Gasteiger partial charge in [0.25, 0.3) is 0 Å². The highest BCUT2D eigenvalue weighted by Gasteiger charge is 2.05. The molecule has 1 aromatic carbocycles. The number of aromatic nitrogens is 1. The molecule has 0 aliphatic heterocycles. The van der Waals surface area contributed by atoms with Crippen molar-refractivity contribution in [3.63, 3.8) is 0 Å². The molecule has 72 valence electrons. The highest BCUT2D eigenvalue weighted by molar-refractivity contribution is 9.10. The van der Waals surface area contributed by atoms with E-state index < -0.39 is 0 Å². The molecule has 0 N–H and O–H groups in total. The molecule has 0 spiro atoms. The Bertz CT molecular complexity index is 463. The Balaban J connectivity index is 2.75. The summed E-state index contributed by atoms with van der Waals surface area (Å²) in [5.41, 5.74) is 2.42. The smallest absolute Gasteiger partial charge is 0.106 e. The summed E-state index contributed by atoms with van der Waals surface area (Å²) in [5, 5.41) is 1.26. The minimum atomic E-state index is 0.543. The second-order valence-corrected chi connectivity index (χ2v) is 4.52. The van der Waals surface area contributed by atoms with Gasteiger partial charge in [0, 0.05) is 5.39 Å². The molecule has 0 atom stereocenters. The molecule has 0 saturated heterocycles. The van der Waals surface area contributed by atoms with Crippen molar-refractivity contribution in [3.05, 3.63) is 40.5 Å². The first-order valence-electron chi connectivity index (χ1n) is 4.73. The Kier molecular flexibility index (Phi) is 2.55. The van der Waals surface area contributed by atoms with Crippen LogP contribution in [0.25, 0.3) is 10.9 Å². The zero-order valence-electron chi connectivity index (χ0n) is 8.29. The Labute approximate surface area is 92.3 Å². The van der Waals surface area contributed by atoms with Gasteiger partial charge in [0.05, 0.1) is 5.52 Å². The number of hydrogen-bond acceptors (Lipinski definition) is 1. The first-order chi connectivity index (χ1) is 6.68. The van der Waals surface area contributed by atoms with Crippen LogP contribution in [-0.4, -0.2) is 4.98 Å². The molecule has 0 aliphatic rings. The van der Waals surface area contributed by atoms with Gasteiger partial charge in [0.2, 0.25) is 0 Å². The summed E-state index contributed by atoms with van der Waals surface area (Å²) in [6, 6.07) is 10.4. The molecule has 2 aromatic rings. The van der Waals surface area contributed by atoms with Crippen LogP contribution in [-0.2, 0) is 0 Å². The third-order valence-electron chi connectivity index (χ3n) is 2.35. The molecule has 0 radical (unpaired) electrons. The highest BCUT2D eigenvalue weighted by atomic mass is 79.9. The molecule has 0 aliphatic carbocycles. The van der Waals surface area contributed by atoms with Crippen LogP contribution in [0, 0.1) is 0 Å². The van der Waals surface area contributed by atoms with Crippen molar-refractivity contribution in [2.75, 3.05) is 0 Å². The second-order valence-electron chi connectivity index (χ2n) is 3.70. The Morgan fingerprint density at radius 2 is 1.93 bits per heavy atom. The standard InChI is InChI=1S/C12H12BrN/c1-8(2)9-4-3-5-11-10(9)6-7-12(13)14-11/h3-8H,1-2H3. The summed E-state index contributed by atoms with van der Waals surface area (Å²) in [5.74, 6) is 0.543. The van der Waals surface area contributed by atoms with Gasteiger partial charge in [-0.15, -0.1) is 0 Å². The fraction of sp³-hybridized carbons (Fsp3) is 0.250. The van der Waals surface area contributed by atoms with E-state index in [4.69, 9.17) is 0 Å². The molecule has 2 rings (SSSR count). The van der Waals surface area contributed by atoms with Gasteiger partial charge in [0.1, 0.15) is 4.60 Å². The van der Waals surface area contributed by atoms with Gasteiger partial charge in [-0.1, -0.05) is 26.0 Å². The molecule has 0 unspecified atom stereocenters. The molecule has 1 aromatic heterocycles. The molecule has 1 heterocycles. The van der Waals surface area contributed by atoms with Crippen molar-refractivity contribution < 1.29 is 0 Å². The number of rotatable bonds is 1. The number of hydrogen-bond donors (Lipinski definition) is 0. The van der Waals surface area contributed by atoms with Crippen molar-refractivity contribution in [2.24, 2.45) is 0 Å². The fourth-order valence-corrected chi connectivity index (χ4v) is 1.98. The predicted octanol–water partition coefficient (Wildman–Crippen LogP) is 4.12. The molecular weight excluding hydrogens is 238 g/mol. The van der Waals surface area contributed by atoms with E-state index in [1.54, 1.807) is 0 Å². The van der Waals surface area contributed by atoms with Crippen molar-refractivity contribution in [1.82, 2.24) is 4.98 Å². The maximum Gasteiger partial charge on any atom is 0.106 e. The quantitative estimate of drug-likeness (QED) is 0.693. The summed E-state index contributed by atoms with van der Waals surface area (Å²) in [4.78, 5) is 4.44. The van der Waals surface area contributed by atoms with Crippen molar-refractivity contribution in [2.45, 2.75) is 19.8 Å². The van der Waals surface area contributed by atoms with Crippen LogP contribution < -0.4 is 0 Å². The van der Waals surface area contributed by atoms with Gasteiger partial charge in [-0.05, 0) is 45.6 Å². The fourth-order valence-electron chi connectivity index (χ4n) is 1.66. The molecule has 0 bridgehead atoms. The maximum atomic E-state index is 4.44. The predicted molar refractivity (Wildman–Crippen MR) is 63.5 cm³/mol. The van der Waals surface area contributed by atoms with Crippen LogP contribution in [0.3, 0.4) is 0 Å². The summed E-state index contributed by atoms with van der Waals surface area (Å²) in [7, 11) is 0. The number of halogens is 1. The first kappa shape index (κ1) is 9.66. The molecule has 0 amide bonds. The normalized spacial score (nSPS) is 11.1. The number of nitrogens with zero attached hydrogens (tertiary/aromatic N) is 1. The number of fused-ring (bicyclic) bond motifs is 1. The van der Waals surface area contributed by atoms with E-state index >= 15 is 0 Å². The van der Waals surface area contributed by atoms with Gasteiger partial charge in [-0.2, -0.15) is 0 Å². The molecule has 14 heavy (non-hydrogen) atoms. The zero-order chi connectivity index (χ0) is 10.1. The Morgan fingerprint density at radius 3 is 2.64 bits per heavy atom. The van der Waals surface area contributed by atoms with E-state index in [9.17, 15) is 0 Å². The topological polar surface area (TPSA) is 12.9 Å². The van der Waals surface area contributed by atoms with E-state index in [0.29, 0.717) is 5.92 Å². The van der Waals surface area contributed by atoms with Gasteiger partial charge in [-0.3, -0.25) is 0 Å². The van der Waals surface area contributed by atoms with Gasteiger partial charge >= 0.3 is 0 Å². The molecular formula is C12H12BrN. The third kappa shape index (κ3) is 1.67. The highest BCUT2D eigenvalue weighted by Crippen LogP contribution is 2.25. The van der Waals surface area contributed by atoms with Crippen molar-refractivity contribution >= 4 is 26.8 Å². The van der Waals surface area contributed by atoms with E-state index in [2.05, 4.69) is 53.0 Å². The SMILES string of the molecule is CC(C)c1cccc2nc(Br)ccc12. The van der Waals surface area contributed by atoms with E-state index in [0.717, 1.165) is 10.1 Å². The van der Waals surface area contributed by atoms with E-state index in [1.165, 1.54) is 10.9 Å². The van der Waals surface area contributed by atoms with Gasteiger partial charge in [-0.25, -0.2) is 4.98 Å². The monoisotopic (exact) mass is 249 g/mol. The molecule has 2 heteroatoms. The minimum absolute atomic E-state index is 0.543. The number of benzene rings is 1. The third-order valence-corrected chi connectivity index (χ3v) is 2.80. The van der Waals surface area contributed by atoms with Gasteiger partial charge in [0.15, 0.2) is 0 Å². The molecule has 0 fully saturated rings. The van der Waals surface area contributed by atoms with Crippen molar-refractivity contribution in [3.8, 4) is 0 Å². The van der Waals surface area contributed by atoms with Crippen LogP contribution in [0.4, 0.5) is 0 Å². The summed E-state index contributed by atoms with van der Waals surface area (Å²) in [6.07, 6.45) is 0. The van der Waals surface area contributed by atoms with Crippen LogP contribution in [0.15, 0.2) is 34.9 Å². The Morgan fingerprint density at radius 1 is 1.14 bits per heavy atom. The summed E-state index contributed by atoms with van der Waals surface area (Å²) < 4.78 is 0.894. The summed E-state index contributed by atoms with van der Waals surface area (Å²) >= 11 is 3.38. The van der Waals surface area contributed by atoms with Crippen LogP contribution in [0.2, 0.25) is 0 Å². The van der Waals surface area contributed by atoms with Gasteiger partial charge < -0.3 is 0 Å². The van der Waals surface area contributed by atoms with Crippen molar-refractivity contribution in [1.29, 1.82) is 0 Å². The largest absolute Gasteiger partial charge is 0.241 e. The van der Waals surface area contributed by atoms with E-state index in [-0.39, 0.29) is 0 Å². The van der Waals surface area contributed by atoms with Crippen LogP contribution in [0.5, 0.6) is 0 Å². The molecule has 1 nitrogen and oxygen atoms in total. The average molecular weight is 250 g/mol. The maximum absolute atomic E-state index is 4.44. The van der Waals surface area contributed by atoms with Crippen LogP contribution in [0.1, 0.15) is 25.3 Å². The Hall–Kier alpha value is -0.890. The molecule has 0 saturated carbocycles. The zero-order valence-corrected chi connectivity index (χ0v) is 9.88. The lowest BCUT2D eigenvalue weighted by molar-refractivity contribution is 0.876. The lowest BCUT2D eigenvalue weighted by Crippen LogP contribution is -1.90. The van der Waals surface area contributed by atoms with E-state index in [1.807, 2.05) is 12.1 Å².